The molecule has 2 aromatic carbocycles. The van der Waals surface area contributed by atoms with Crippen LogP contribution in [0.4, 0.5) is 0 Å². The Hall–Kier alpha value is -3.94. The molecule has 2 N–H and O–H groups in total. The predicted octanol–water partition coefficient (Wildman–Crippen LogP) is 1.86. The van der Waals surface area contributed by atoms with Gasteiger partial charge in [-0.05, 0) is 35.9 Å². The van der Waals surface area contributed by atoms with E-state index in [1.807, 2.05) is 0 Å². The minimum absolute atomic E-state index is 0.403. The van der Waals surface area contributed by atoms with Gasteiger partial charge in [0.15, 0.2) is 6.04 Å². The number of ether oxygens (including phenoxy) is 1. The Morgan fingerprint density at radius 2 is 1.76 bits per heavy atom. The number of hydrogen-bond donors (Lipinski definition) is 2. The van der Waals surface area contributed by atoms with Crippen LogP contribution in [0.25, 0.3) is 11.3 Å². The number of methoxy groups -OCH3 is 1. The van der Waals surface area contributed by atoms with Gasteiger partial charge in [-0.3, -0.25) is 9.59 Å². The zero-order valence-corrected chi connectivity index (χ0v) is 15.6. The van der Waals surface area contributed by atoms with Gasteiger partial charge in [-0.2, -0.15) is 5.10 Å². The fourth-order valence-corrected chi connectivity index (χ4v) is 2.75. The molecular formula is C21H19N3O5. The average molecular weight is 393 g/mol. The summed E-state index contributed by atoms with van der Waals surface area (Å²) in [5.41, 5.74) is 1.20. The summed E-state index contributed by atoms with van der Waals surface area (Å²) in [5, 5.41) is 16.1. The molecule has 8 heteroatoms. The van der Waals surface area contributed by atoms with Gasteiger partial charge in [0.25, 0.3) is 5.56 Å². The lowest BCUT2D eigenvalue weighted by Crippen LogP contribution is -2.38. The molecule has 0 fully saturated rings. The number of carboxylic acids is 1. The van der Waals surface area contributed by atoms with Gasteiger partial charge in [-0.15, -0.1) is 0 Å². The van der Waals surface area contributed by atoms with Gasteiger partial charge in [0.1, 0.15) is 12.3 Å². The van der Waals surface area contributed by atoms with Crippen molar-refractivity contribution in [3.63, 3.8) is 0 Å². The molecule has 0 bridgehead atoms. The molecule has 0 saturated heterocycles. The molecule has 3 rings (SSSR count). The van der Waals surface area contributed by atoms with E-state index in [0.717, 1.165) is 10.2 Å². The van der Waals surface area contributed by atoms with E-state index in [1.54, 1.807) is 67.8 Å². The zero-order chi connectivity index (χ0) is 20.8. The molecule has 148 valence electrons. The first-order chi connectivity index (χ1) is 14.0. The van der Waals surface area contributed by atoms with Crippen LogP contribution in [0, 0.1) is 0 Å². The number of rotatable bonds is 7. The van der Waals surface area contributed by atoms with Crippen LogP contribution in [0.15, 0.2) is 71.5 Å². The van der Waals surface area contributed by atoms with Crippen molar-refractivity contribution in [2.24, 2.45) is 0 Å². The van der Waals surface area contributed by atoms with Crippen molar-refractivity contribution >= 4 is 11.9 Å². The van der Waals surface area contributed by atoms with E-state index in [2.05, 4.69) is 10.4 Å². The van der Waals surface area contributed by atoms with Crippen molar-refractivity contribution in [3.8, 4) is 17.0 Å². The van der Waals surface area contributed by atoms with E-state index in [-0.39, 0.29) is 0 Å². The summed E-state index contributed by atoms with van der Waals surface area (Å²) in [6.07, 6.45) is 0. The molecule has 0 aliphatic heterocycles. The quantitative estimate of drug-likeness (QED) is 0.634. The topological polar surface area (TPSA) is 111 Å². The minimum atomic E-state index is -1.22. The summed E-state index contributed by atoms with van der Waals surface area (Å²) < 4.78 is 6.12. The fourth-order valence-electron chi connectivity index (χ4n) is 2.75. The van der Waals surface area contributed by atoms with E-state index < -0.39 is 30.0 Å². The van der Waals surface area contributed by atoms with Crippen LogP contribution in [0.3, 0.4) is 0 Å². The average Bonchev–Trinajstić information content (AvgIpc) is 2.74. The summed E-state index contributed by atoms with van der Waals surface area (Å²) in [5.74, 6) is -1.15. The second-order valence-electron chi connectivity index (χ2n) is 6.19. The van der Waals surface area contributed by atoms with Crippen LogP contribution in [-0.2, 0) is 16.1 Å². The van der Waals surface area contributed by atoms with Gasteiger partial charge in [0, 0.05) is 11.6 Å². The van der Waals surface area contributed by atoms with Crippen molar-refractivity contribution in [3.05, 3.63) is 82.6 Å². The van der Waals surface area contributed by atoms with Crippen molar-refractivity contribution in [1.82, 2.24) is 15.1 Å². The number of nitrogens with one attached hydrogen (secondary N) is 1. The SMILES string of the molecule is COc1ccc(-c2ccc(=O)n(CC(=O)N[C@H](C(=O)O)c3ccccc3)n2)cc1. The first-order valence-corrected chi connectivity index (χ1v) is 8.77. The Kier molecular flexibility index (Phi) is 6.03. The summed E-state index contributed by atoms with van der Waals surface area (Å²) in [7, 11) is 1.56. The Morgan fingerprint density at radius 1 is 1.07 bits per heavy atom. The molecule has 0 aliphatic rings. The Balaban J connectivity index is 1.79. The van der Waals surface area contributed by atoms with Gasteiger partial charge < -0.3 is 15.2 Å². The molecule has 0 saturated carbocycles. The highest BCUT2D eigenvalue weighted by Crippen LogP contribution is 2.19. The monoisotopic (exact) mass is 393 g/mol. The Morgan fingerprint density at radius 3 is 2.38 bits per heavy atom. The lowest BCUT2D eigenvalue weighted by Gasteiger charge is -2.15. The van der Waals surface area contributed by atoms with Gasteiger partial charge in [0.2, 0.25) is 5.91 Å². The summed E-state index contributed by atoms with van der Waals surface area (Å²) in [6, 6.07) is 17.1. The maximum Gasteiger partial charge on any atom is 0.330 e. The number of hydrogen-bond acceptors (Lipinski definition) is 5. The third kappa shape index (κ3) is 4.86. The molecule has 3 aromatic rings. The number of benzene rings is 2. The third-order valence-corrected chi connectivity index (χ3v) is 4.23. The van der Waals surface area contributed by atoms with Gasteiger partial charge in [0.05, 0.1) is 12.8 Å². The summed E-state index contributed by atoms with van der Waals surface area (Å²) >= 11 is 0. The van der Waals surface area contributed by atoms with Gasteiger partial charge >= 0.3 is 5.97 Å². The number of aromatic nitrogens is 2. The number of aliphatic carboxylic acids is 1. The van der Waals surface area contributed by atoms with Gasteiger partial charge in [-0.1, -0.05) is 30.3 Å². The van der Waals surface area contributed by atoms with Crippen LogP contribution in [-0.4, -0.2) is 33.9 Å². The zero-order valence-electron chi connectivity index (χ0n) is 15.6. The third-order valence-electron chi connectivity index (χ3n) is 4.23. The van der Waals surface area contributed by atoms with E-state index >= 15 is 0 Å². The number of carbonyl (C=O) groups is 2. The molecule has 1 aromatic heterocycles. The Bertz CT molecular complexity index is 1060. The number of amides is 1. The second-order valence-corrected chi connectivity index (χ2v) is 6.19. The molecule has 0 radical (unpaired) electrons. The van der Waals surface area contributed by atoms with Crippen LogP contribution < -0.4 is 15.6 Å². The molecule has 8 nitrogen and oxygen atoms in total. The molecule has 1 atom stereocenters. The first-order valence-electron chi connectivity index (χ1n) is 8.77. The summed E-state index contributed by atoms with van der Waals surface area (Å²) in [4.78, 5) is 36.0. The highest BCUT2D eigenvalue weighted by atomic mass is 16.5. The summed E-state index contributed by atoms with van der Waals surface area (Å²) in [6.45, 7) is -0.403. The van der Waals surface area contributed by atoms with Crippen molar-refractivity contribution < 1.29 is 19.4 Å². The molecule has 0 spiro atoms. The van der Waals surface area contributed by atoms with Crippen LogP contribution in [0.5, 0.6) is 5.75 Å². The number of carbonyl (C=O) groups excluding carboxylic acids is 1. The molecule has 0 aliphatic carbocycles. The maximum atomic E-state index is 12.4. The lowest BCUT2D eigenvalue weighted by molar-refractivity contribution is -0.142. The fraction of sp³-hybridized carbons (Fsp3) is 0.143. The van der Waals surface area contributed by atoms with E-state index in [0.29, 0.717) is 17.0 Å². The standard InChI is InChI=1S/C21H19N3O5/c1-29-16-9-7-14(8-10-16)17-11-12-19(26)24(23-17)13-18(25)22-20(21(27)28)15-5-3-2-4-6-15/h2-12,20H,13H2,1H3,(H,22,25)(H,27,28)/t20-/m0/s1. The molecule has 0 unspecified atom stereocenters. The van der Waals surface area contributed by atoms with E-state index in [4.69, 9.17) is 4.74 Å². The molecule has 1 amide bonds. The van der Waals surface area contributed by atoms with Gasteiger partial charge in [-0.25, -0.2) is 9.48 Å². The smallest absolute Gasteiger partial charge is 0.330 e. The number of carboxylic acid groups (broad SMARTS) is 1. The Labute approximate surface area is 166 Å². The molecule has 29 heavy (non-hydrogen) atoms. The molecular weight excluding hydrogens is 374 g/mol. The lowest BCUT2D eigenvalue weighted by atomic mass is 10.1. The minimum Gasteiger partial charge on any atom is -0.497 e. The maximum absolute atomic E-state index is 12.4. The highest BCUT2D eigenvalue weighted by Gasteiger charge is 2.22. The van der Waals surface area contributed by atoms with Crippen LogP contribution in [0.2, 0.25) is 0 Å². The first kappa shape index (κ1) is 19.8. The second kappa shape index (κ2) is 8.83. The van der Waals surface area contributed by atoms with Crippen molar-refractivity contribution in [2.45, 2.75) is 12.6 Å². The largest absolute Gasteiger partial charge is 0.497 e. The van der Waals surface area contributed by atoms with E-state index in [1.165, 1.54) is 6.07 Å². The molecule has 1 heterocycles. The van der Waals surface area contributed by atoms with Crippen molar-refractivity contribution in [1.29, 1.82) is 0 Å². The highest BCUT2D eigenvalue weighted by molar-refractivity contribution is 5.84. The number of nitrogens with zero attached hydrogens (tertiary/aromatic N) is 2. The predicted molar refractivity (Wildman–Crippen MR) is 105 cm³/mol. The van der Waals surface area contributed by atoms with Crippen molar-refractivity contribution in [2.75, 3.05) is 7.11 Å². The van der Waals surface area contributed by atoms with E-state index in [9.17, 15) is 19.5 Å². The van der Waals surface area contributed by atoms with Crippen LogP contribution in [0.1, 0.15) is 11.6 Å². The van der Waals surface area contributed by atoms with Crippen LogP contribution >= 0.6 is 0 Å². The normalized spacial score (nSPS) is 11.5.